The molecule has 0 unspecified atom stereocenters. The van der Waals surface area contributed by atoms with Gasteiger partial charge in [0.25, 0.3) is 5.91 Å². The Morgan fingerprint density at radius 2 is 2.28 bits per heavy atom. The Bertz CT molecular complexity index is 554. The molecule has 0 aliphatic rings. The summed E-state index contributed by atoms with van der Waals surface area (Å²) in [5.74, 6) is 1.42. The van der Waals surface area contributed by atoms with Crippen LogP contribution in [0.1, 0.15) is 28.9 Å². The molecule has 0 radical (unpaired) electrons. The van der Waals surface area contributed by atoms with E-state index in [0.717, 1.165) is 11.5 Å². The molecule has 0 aliphatic carbocycles. The van der Waals surface area contributed by atoms with Crippen molar-refractivity contribution in [1.29, 1.82) is 0 Å². The van der Waals surface area contributed by atoms with Gasteiger partial charge in [0.05, 0.1) is 12.2 Å². The molecule has 0 aliphatic heterocycles. The van der Waals surface area contributed by atoms with Gasteiger partial charge in [0.15, 0.2) is 0 Å². The fourth-order valence-electron chi connectivity index (χ4n) is 1.82. The van der Waals surface area contributed by atoms with Crippen LogP contribution < -0.4 is 11.1 Å². The number of carbonyl (C=O) groups is 1. The third-order valence-electron chi connectivity index (χ3n) is 2.71. The predicted octanol–water partition coefficient (Wildman–Crippen LogP) is 1.92. The molecule has 0 spiro atoms. The zero-order valence-electron chi connectivity index (χ0n) is 10.6. The molecule has 2 rings (SSSR count). The van der Waals surface area contributed by atoms with E-state index in [4.69, 9.17) is 10.2 Å². The maximum atomic E-state index is 12.0. The lowest BCUT2D eigenvalue weighted by atomic mass is 10.3. The Morgan fingerprint density at radius 3 is 2.89 bits per heavy atom. The number of carbonyl (C=O) groups excluding carboxylic acids is 1. The third kappa shape index (κ3) is 2.56. The number of nitrogens with two attached hydrogens (primary N) is 1. The molecular weight excluding hydrogens is 230 g/mol. The predicted molar refractivity (Wildman–Crippen MR) is 69.1 cm³/mol. The van der Waals surface area contributed by atoms with Crippen LogP contribution in [0, 0.1) is 6.92 Å². The maximum Gasteiger partial charge on any atom is 0.268 e. The van der Waals surface area contributed by atoms with Crippen molar-refractivity contribution < 1.29 is 9.21 Å². The third-order valence-corrected chi connectivity index (χ3v) is 2.71. The molecule has 0 fully saturated rings. The van der Waals surface area contributed by atoms with Crippen LogP contribution >= 0.6 is 0 Å². The van der Waals surface area contributed by atoms with Crippen LogP contribution in [-0.2, 0) is 13.1 Å². The molecule has 2 heterocycles. The van der Waals surface area contributed by atoms with Gasteiger partial charge in [-0.2, -0.15) is 0 Å². The standard InChI is InChI=1S/C13H17N3O2/c1-3-16-8-10(14)6-12(16)13(17)15-7-11-5-4-9(2)18-11/h4-6,8H,3,7,14H2,1-2H3,(H,15,17). The second kappa shape index (κ2) is 5.00. The highest BCUT2D eigenvalue weighted by molar-refractivity contribution is 5.93. The van der Waals surface area contributed by atoms with Crippen LogP contribution in [0.3, 0.4) is 0 Å². The second-order valence-corrected chi connectivity index (χ2v) is 4.14. The molecule has 5 nitrogen and oxygen atoms in total. The normalized spacial score (nSPS) is 10.6. The average Bonchev–Trinajstić information content (AvgIpc) is 2.92. The summed E-state index contributed by atoms with van der Waals surface area (Å²) in [6.07, 6.45) is 1.76. The second-order valence-electron chi connectivity index (χ2n) is 4.14. The van der Waals surface area contributed by atoms with Gasteiger partial charge in [-0.1, -0.05) is 0 Å². The summed E-state index contributed by atoms with van der Waals surface area (Å²) in [4.78, 5) is 12.0. The molecule has 0 aromatic carbocycles. The molecule has 5 heteroatoms. The SMILES string of the molecule is CCn1cc(N)cc1C(=O)NCc1ccc(C)o1. The minimum atomic E-state index is -0.150. The summed E-state index contributed by atoms with van der Waals surface area (Å²) in [6, 6.07) is 5.39. The molecule has 18 heavy (non-hydrogen) atoms. The van der Waals surface area contributed by atoms with E-state index < -0.39 is 0 Å². The first-order chi connectivity index (χ1) is 8.60. The van der Waals surface area contributed by atoms with Gasteiger partial charge >= 0.3 is 0 Å². The van der Waals surface area contributed by atoms with Crippen LogP contribution in [-0.4, -0.2) is 10.5 Å². The highest BCUT2D eigenvalue weighted by Gasteiger charge is 2.12. The van der Waals surface area contributed by atoms with Gasteiger partial charge in [0, 0.05) is 12.7 Å². The fraction of sp³-hybridized carbons (Fsp3) is 0.308. The monoisotopic (exact) mass is 247 g/mol. The van der Waals surface area contributed by atoms with E-state index in [0.29, 0.717) is 24.5 Å². The van der Waals surface area contributed by atoms with E-state index >= 15 is 0 Å². The van der Waals surface area contributed by atoms with Crippen molar-refractivity contribution in [3.05, 3.63) is 41.6 Å². The topological polar surface area (TPSA) is 73.2 Å². The van der Waals surface area contributed by atoms with Gasteiger partial charge in [0.1, 0.15) is 17.2 Å². The molecule has 0 bridgehead atoms. The number of hydrogen-bond donors (Lipinski definition) is 2. The Kier molecular flexibility index (Phi) is 3.41. The highest BCUT2D eigenvalue weighted by Crippen LogP contribution is 2.11. The molecule has 2 aromatic rings. The van der Waals surface area contributed by atoms with Crippen LogP contribution in [0.2, 0.25) is 0 Å². The largest absolute Gasteiger partial charge is 0.465 e. The summed E-state index contributed by atoms with van der Waals surface area (Å²) in [6.45, 7) is 4.92. The molecule has 0 atom stereocenters. The van der Waals surface area contributed by atoms with Gasteiger partial charge in [-0.3, -0.25) is 4.79 Å². The molecule has 96 valence electrons. The highest BCUT2D eigenvalue weighted by atomic mass is 16.3. The van der Waals surface area contributed by atoms with Crippen LogP contribution in [0.25, 0.3) is 0 Å². The Labute approximate surface area is 106 Å². The summed E-state index contributed by atoms with van der Waals surface area (Å²) in [5, 5.41) is 2.81. The van der Waals surface area contributed by atoms with Crippen LogP contribution in [0.15, 0.2) is 28.8 Å². The van der Waals surface area contributed by atoms with Crippen molar-refractivity contribution in [1.82, 2.24) is 9.88 Å². The average molecular weight is 247 g/mol. The van der Waals surface area contributed by atoms with Gasteiger partial charge < -0.3 is 20.0 Å². The minimum Gasteiger partial charge on any atom is -0.465 e. The van der Waals surface area contributed by atoms with Crippen LogP contribution in [0.4, 0.5) is 5.69 Å². The van der Waals surface area contributed by atoms with Crippen LogP contribution in [0.5, 0.6) is 0 Å². The number of rotatable bonds is 4. The molecular formula is C13H17N3O2. The number of nitrogens with zero attached hydrogens (tertiary/aromatic N) is 1. The van der Waals surface area contributed by atoms with E-state index in [-0.39, 0.29) is 5.91 Å². The summed E-state index contributed by atoms with van der Waals surface area (Å²) >= 11 is 0. The van der Waals surface area contributed by atoms with Gasteiger partial charge in [0.2, 0.25) is 0 Å². The van der Waals surface area contributed by atoms with Crippen molar-refractivity contribution in [2.45, 2.75) is 26.9 Å². The van der Waals surface area contributed by atoms with Crippen molar-refractivity contribution >= 4 is 11.6 Å². The number of nitrogen functional groups attached to an aromatic ring is 1. The Morgan fingerprint density at radius 1 is 1.50 bits per heavy atom. The fourth-order valence-corrected chi connectivity index (χ4v) is 1.82. The quantitative estimate of drug-likeness (QED) is 0.866. The van der Waals surface area contributed by atoms with Gasteiger partial charge in [-0.05, 0) is 32.0 Å². The number of anilines is 1. The number of nitrogens with one attached hydrogen (secondary N) is 1. The molecule has 2 aromatic heterocycles. The first-order valence-corrected chi connectivity index (χ1v) is 5.89. The molecule has 3 N–H and O–H groups in total. The number of aryl methyl sites for hydroxylation is 2. The number of hydrogen-bond acceptors (Lipinski definition) is 3. The van der Waals surface area contributed by atoms with Gasteiger partial charge in [-0.25, -0.2) is 0 Å². The summed E-state index contributed by atoms with van der Waals surface area (Å²) in [5.41, 5.74) is 6.85. The molecule has 1 amide bonds. The van der Waals surface area contributed by atoms with Crippen molar-refractivity contribution in [3.63, 3.8) is 0 Å². The zero-order valence-corrected chi connectivity index (χ0v) is 10.6. The number of aromatic nitrogens is 1. The summed E-state index contributed by atoms with van der Waals surface area (Å²) in [7, 11) is 0. The number of amides is 1. The van der Waals surface area contributed by atoms with Crippen molar-refractivity contribution in [2.24, 2.45) is 0 Å². The first kappa shape index (κ1) is 12.3. The van der Waals surface area contributed by atoms with Crippen molar-refractivity contribution in [2.75, 3.05) is 5.73 Å². The van der Waals surface area contributed by atoms with Crippen molar-refractivity contribution in [3.8, 4) is 0 Å². The molecule has 0 saturated carbocycles. The van der Waals surface area contributed by atoms with Gasteiger partial charge in [-0.15, -0.1) is 0 Å². The lowest BCUT2D eigenvalue weighted by Crippen LogP contribution is -2.25. The van der Waals surface area contributed by atoms with E-state index in [9.17, 15) is 4.79 Å². The minimum absolute atomic E-state index is 0.150. The smallest absolute Gasteiger partial charge is 0.268 e. The lowest BCUT2D eigenvalue weighted by molar-refractivity contribution is 0.0938. The Balaban J connectivity index is 2.03. The van der Waals surface area contributed by atoms with E-state index in [2.05, 4.69) is 5.32 Å². The first-order valence-electron chi connectivity index (χ1n) is 5.89. The lowest BCUT2D eigenvalue weighted by Gasteiger charge is -2.06. The number of furan rings is 1. The summed E-state index contributed by atoms with van der Waals surface area (Å²) < 4.78 is 7.20. The molecule has 0 saturated heterocycles. The van der Waals surface area contributed by atoms with E-state index in [1.807, 2.05) is 30.5 Å². The van der Waals surface area contributed by atoms with E-state index in [1.54, 1.807) is 12.3 Å². The van der Waals surface area contributed by atoms with E-state index in [1.165, 1.54) is 0 Å². The maximum absolute atomic E-state index is 12.0. The Hall–Kier alpha value is -2.17. The zero-order chi connectivity index (χ0) is 13.1.